The predicted octanol–water partition coefficient (Wildman–Crippen LogP) is 11.0. The molecule has 5 nitrogen and oxygen atoms in total. The van der Waals surface area contributed by atoms with Gasteiger partial charge in [-0.05, 0) is 17.2 Å². The number of rotatable bonds is 6. The minimum absolute atomic E-state index is 0.636. The molecule has 49 heavy (non-hydrogen) atoms. The molecule has 0 bridgehead atoms. The highest BCUT2D eigenvalue weighted by Gasteiger charge is 2.17. The molecule has 0 saturated carbocycles. The van der Waals surface area contributed by atoms with E-state index in [1.807, 2.05) is 66.7 Å². The summed E-state index contributed by atoms with van der Waals surface area (Å²) < 4.78 is 2.32. The highest BCUT2D eigenvalue weighted by atomic mass is 32.1. The maximum Gasteiger partial charge on any atom is 0.164 e. The number of fused-ring (bicyclic) bond motifs is 3. The van der Waals surface area contributed by atoms with Crippen LogP contribution in [0.2, 0.25) is 0 Å². The summed E-state index contributed by atoms with van der Waals surface area (Å²) in [6.45, 7) is 0. The Balaban J connectivity index is 1.06. The van der Waals surface area contributed by atoms with Gasteiger partial charge in [0, 0.05) is 37.9 Å². The summed E-state index contributed by atoms with van der Waals surface area (Å²) in [5, 5.41) is 1.16. The third-order valence-corrected chi connectivity index (χ3v) is 9.75. The van der Waals surface area contributed by atoms with Crippen LogP contribution in [-0.4, -0.2) is 24.9 Å². The fraction of sp³-hybridized carbons (Fsp3) is 0. The first-order valence-electron chi connectivity index (χ1n) is 16.1. The van der Waals surface area contributed by atoms with Crippen molar-refractivity contribution < 1.29 is 0 Å². The molecular weight excluding hydrogens is 619 g/mol. The fourth-order valence-corrected chi connectivity index (χ4v) is 7.23. The Morgan fingerprint density at radius 2 is 0.694 bits per heavy atom. The van der Waals surface area contributed by atoms with Crippen LogP contribution in [0.1, 0.15) is 0 Å². The van der Waals surface area contributed by atoms with Crippen LogP contribution < -0.4 is 0 Å². The first-order valence-corrected chi connectivity index (χ1v) is 16.9. The molecule has 3 heterocycles. The third kappa shape index (κ3) is 5.54. The van der Waals surface area contributed by atoms with Gasteiger partial charge in [-0.15, -0.1) is 11.3 Å². The van der Waals surface area contributed by atoms with Gasteiger partial charge in [-0.2, -0.15) is 0 Å². The Morgan fingerprint density at radius 1 is 0.306 bits per heavy atom. The van der Waals surface area contributed by atoms with E-state index in [0.29, 0.717) is 17.5 Å². The van der Waals surface area contributed by atoms with Gasteiger partial charge in [0.15, 0.2) is 23.3 Å². The summed E-state index contributed by atoms with van der Waals surface area (Å²) in [6, 6.07) is 55.8. The second-order valence-corrected chi connectivity index (χ2v) is 12.8. The Bertz CT molecular complexity index is 2510. The molecular formula is C43H27N5S. The SMILES string of the molecule is c1ccc(-c2nc(-c3ccccc3)nc(-c3ccc(-c4ccc(-c5nc(-c6ccccc6)c6sc7ccccc7c6n5)cc4)cc3)n2)cc1. The molecule has 0 unspecified atom stereocenters. The van der Waals surface area contributed by atoms with Gasteiger partial charge in [0.1, 0.15) is 0 Å². The minimum Gasteiger partial charge on any atom is -0.226 e. The monoisotopic (exact) mass is 645 g/mol. The summed E-state index contributed by atoms with van der Waals surface area (Å²) in [6.07, 6.45) is 0. The van der Waals surface area contributed by atoms with Crippen LogP contribution >= 0.6 is 11.3 Å². The van der Waals surface area contributed by atoms with E-state index in [4.69, 9.17) is 24.9 Å². The average molecular weight is 646 g/mol. The van der Waals surface area contributed by atoms with Gasteiger partial charge in [-0.1, -0.05) is 158 Å². The van der Waals surface area contributed by atoms with Crippen LogP contribution in [-0.2, 0) is 0 Å². The maximum atomic E-state index is 5.12. The Hall–Kier alpha value is -6.37. The zero-order chi connectivity index (χ0) is 32.6. The summed E-state index contributed by atoms with van der Waals surface area (Å²) in [7, 11) is 0. The van der Waals surface area contributed by atoms with Crippen LogP contribution in [0.15, 0.2) is 164 Å². The summed E-state index contributed by atoms with van der Waals surface area (Å²) in [5.74, 6) is 2.65. The zero-order valence-corrected chi connectivity index (χ0v) is 27.0. The number of benzene rings is 6. The van der Waals surface area contributed by atoms with Crippen molar-refractivity contribution in [1.29, 1.82) is 0 Å². The van der Waals surface area contributed by atoms with E-state index < -0.39 is 0 Å². The van der Waals surface area contributed by atoms with Crippen molar-refractivity contribution in [2.24, 2.45) is 0 Å². The standard InChI is InChI=1S/C43H27N5S/c1-4-12-30(13-5-1)37-39-38(35-18-10-11-19-36(35)49-39)45-40(44-37)33-24-20-28(21-25-33)29-22-26-34(27-23-29)43-47-41(31-14-6-2-7-15-31)46-42(48-43)32-16-8-3-9-17-32/h1-27H. The topological polar surface area (TPSA) is 64.5 Å². The third-order valence-electron chi connectivity index (χ3n) is 8.59. The molecule has 230 valence electrons. The lowest BCUT2D eigenvalue weighted by Gasteiger charge is -2.10. The second-order valence-electron chi connectivity index (χ2n) is 11.7. The molecule has 0 spiro atoms. The number of hydrogen-bond donors (Lipinski definition) is 0. The lowest BCUT2D eigenvalue weighted by molar-refractivity contribution is 1.07. The molecule has 0 radical (unpaired) electrons. The molecule has 0 aliphatic heterocycles. The lowest BCUT2D eigenvalue weighted by atomic mass is 10.0. The number of hydrogen-bond acceptors (Lipinski definition) is 6. The minimum atomic E-state index is 0.636. The molecule has 0 aliphatic rings. The molecule has 9 aromatic rings. The van der Waals surface area contributed by atoms with Gasteiger partial charge in [0.05, 0.1) is 15.9 Å². The molecule has 0 aliphatic carbocycles. The Kier molecular flexibility index (Phi) is 7.26. The normalized spacial score (nSPS) is 11.3. The Labute approximate surface area is 287 Å². The maximum absolute atomic E-state index is 5.12. The van der Waals surface area contributed by atoms with E-state index in [9.17, 15) is 0 Å². The lowest BCUT2D eigenvalue weighted by Crippen LogP contribution is -2.00. The van der Waals surface area contributed by atoms with Gasteiger partial charge >= 0.3 is 0 Å². The first kappa shape index (κ1) is 28.8. The Morgan fingerprint density at radius 3 is 1.20 bits per heavy atom. The first-order chi connectivity index (χ1) is 24.3. The van der Waals surface area contributed by atoms with Gasteiger partial charge in [-0.25, -0.2) is 24.9 Å². The van der Waals surface area contributed by atoms with Crippen molar-refractivity contribution in [3.05, 3.63) is 164 Å². The van der Waals surface area contributed by atoms with Crippen molar-refractivity contribution in [3.8, 4) is 67.9 Å². The smallest absolute Gasteiger partial charge is 0.164 e. The van der Waals surface area contributed by atoms with E-state index in [2.05, 4.69) is 97.1 Å². The molecule has 6 heteroatoms. The molecule has 6 aromatic carbocycles. The summed E-state index contributed by atoms with van der Waals surface area (Å²) in [5.41, 5.74) is 9.05. The second kappa shape index (κ2) is 12.3. The molecule has 9 rings (SSSR count). The van der Waals surface area contributed by atoms with Crippen LogP contribution in [0.25, 0.3) is 88.2 Å². The highest BCUT2D eigenvalue weighted by molar-refractivity contribution is 7.26. The van der Waals surface area contributed by atoms with Crippen molar-refractivity contribution in [2.75, 3.05) is 0 Å². The van der Waals surface area contributed by atoms with E-state index in [-0.39, 0.29) is 0 Å². The van der Waals surface area contributed by atoms with E-state index >= 15 is 0 Å². The predicted molar refractivity (Wildman–Crippen MR) is 201 cm³/mol. The molecule has 3 aromatic heterocycles. The van der Waals surface area contributed by atoms with Crippen molar-refractivity contribution >= 4 is 31.6 Å². The molecule has 0 saturated heterocycles. The van der Waals surface area contributed by atoms with E-state index in [0.717, 1.165) is 66.1 Å². The highest BCUT2D eigenvalue weighted by Crippen LogP contribution is 2.39. The van der Waals surface area contributed by atoms with Crippen LogP contribution in [0, 0.1) is 0 Å². The van der Waals surface area contributed by atoms with Crippen LogP contribution in [0.3, 0.4) is 0 Å². The van der Waals surface area contributed by atoms with Crippen molar-refractivity contribution in [2.45, 2.75) is 0 Å². The van der Waals surface area contributed by atoms with Crippen LogP contribution in [0.4, 0.5) is 0 Å². The summed E-state index contributed by atoms with van der Waals surface area (Å²) in [4.78, 5) is 24.8. The van der Waals surface area contributed by atoms with E-state index in [1.54, 1.807) is 11.3 Å². The molecule has 0 atom stereocenters. The average Bonchev–Trinajstić information content (AvgIpc) is 3.57. The number of nitrogens with zero attached hydrogens (tertiary/aromatic N) is 5. The van der Waals surface area contributed by atoms with Crippen LogP contribution in [0.5, 0.6) is 0 Å². The van der Waals surface area contributed by atoms with Gasteiger partial charge < -0.3 is 0 Å². The zero-order valence-electron chi connectivity index (χ0n) is 26.2. The van der Waals surface area contributed by atoms with Gasteiger partial charge in [0.2, 0.25) is 0 Å². The number of aromatic nitrogens is 5. The molecule has 0 amide bonds. The fourth-order valence-electron chi connectivity index (χ4n) is 6.07. The molecule has 0 N–H and O–H groups in total. The van der Waals surface area contributed by atoms with Gasteiger partial charge in [-0.3, -0.25) is 0 Å². The number of thiophene rings is 1. The summed E-state index contributed by atoms with van der Waals surface area (Å²) >= 11 is 1.75. The quantitative estimate of drug-likeness (QED) is 0.180. The molecule has 0 fully saturated rings. The largest absolute Gasteiger partial charge is 0.226 e. The van der Waals surface area contributed by atoms with Crippen molar-refractivity contribution in [3.63, 3.8) is 0 Å². The van der Waals surface area contributed by atoms with Gasteiger partial charge in [0.25, 0.3) is 0 Å². The van der Waals surface area contributed by atoms with E-state index in [1.165, 1.54) is 4.70 Å². The van der Waals surface area contributed by atoms with Crippen molar-refractivity contribution in [1.82, 2.24) is 24.9 Å².